The Labute approximate surface area is 126 Å². The molecule has 1 fully saturated rings. The summed E-state index contributed by atoms with van der Waals surface area (Å²) in [6.07, 6.45) is 1.82. The van der Waals surface area contributed by atoms with Crippen molar-refractivity contribution in [2.24, 2.45) is 0 Å². The topological polar surface area (TPSA) is 102 Å². The predicted octanol–water partition coefficient (Wildman–Crippen LogP) is -0.0742. The van der Waals surface area contributed by atoms with Gasteiger partial charge in [-0.25, -0.2) is 12.8 Å². The summed E-state index contributed by atoms with van der Waals surface area (Å²) in [6, 6.07) is 4.52. The molecular formula is C13H15FN2O5S. The minimum absolute atomic E-state index is 0.151. The second kappa shape index (κ2) is 6.84. The van der Waals surface area contributed by atoms with E-state index >= 15 is 0 Å². The molecule has 0 heterocycles. The number of carbonyl (C=O) groups is 2. The molecule has 9 heteroatoms. The van der Waals surface area contributed by atoms with Gasteiger partial charge < -0.3 is 10.1 Å². The van der Waals surface area contributed by atoms with Crippen molar-refractivity contribution in [3.8, 4) is 0 Å². The monoisotopic (exact) mass is 330 g/mol. The van der Waals surface area contributed by atoms with Gasteiger partial charge in [0.15, 0.2) is 6.61 Å². The van der Waals surface area contributed by atoms with E-state index in [-0.39, 0.29) is 10.9 Å². The van der Waals surface area contributed by atoms with Crippen LogP contribution in [0.2, 0.25) is 0 Å². The standard InChI is InChI=1S/C13H15FN2O5S/c14-9-2-1-3-11(6-9)22(19,20)15-7-13(18)21-8-12(17)16-10-4-5-10/h1-3,6,10,15H,4-5,7-8H2,(H,16,17). The quantitative estimate of drug-likeness (QED) is 0.681. The van der Waals surface area contributed by atoms with Crippen LogP contribution in [0, 0.1) is 5.82 Å². The van der Waals surface area contributed by atoms with Gasteiger partial charge in [-0.15, -0.1) is 0 Å². The Hall–Kier alpha value is -2.00. The van der Waals surface area contributed by atoms with Gasteiger partial charge >= 0.3 is 5.97 Å². The molecule has 1 aliphatic rings. The molecule has 0 radical (unpaired) electrons. The van der Waals surface area contributed by atoms with Crippen LogP contribution in [0.25, 0.3) is 0 Å². The molecule has 0 atom stereocenters. The number of rotatable bonds is 7. The molecule has 0 aromatic heterocycles. The minimum atomic E-state index is -4.02. The maximum Gasteiger partial charge on any atom is 0.321 e. The van der Waals surface area contributed by atoms with Crippen molar-refractivity contribution in [1.82, 2.24) is 10.0 Å². The van der Waals surface area contributed by atoms with Gasteiger partial charge in [-0.1, -0.05) is 6.07 Å². The van der Waals surface area contributed by atoms with E-state index in [1.54, 1.807) is 0 Å². The van der Waals surface area contributed by atoms with E-state index in [9.17, 15) is 22.4 Å². The number of hydrogen-bond donors (Lipinski definition) is 2. The van der Waals surface area contributed by atoms with Crippen molar-refractivity contribution in [3.05, 3.63) is 30.1 Å². The van der Waals surface area contributed by atoms with Crippen molar-refractivity contribution in [3.63, 3.8) is 0 Å². The van der Waals surface area contributed by atoms with Gasteiger partial charge in [0.25, 0.3) is 5.91 Å². The lowest BCUT2D eigenvalue weighted by Crippen LogP contribution is -2.34. The normalized spacial score (nSPS) is 14.4. The molecule has 120 valence electrons. The second-order valence-corrected chi connectivity index (χ2v) is 6.55. The smallest absolute Gasteiger partial charge is 0.321 e. The molecular weight excluding hydrogens is 315 g/mol. The summed E-state index contributed by atoms with van der Waals surface area (Å²) >= 11 is 0. The van der Waals surface area contributed by atoms with Crippen LogP contribution in [0.4, 0.5) is 4.39 Å². The molecule has 1 aromatic rings. The number of nitrogens with one attached hydrogen (secondary N) is 2. The van der Waals surface area contributed by atoms with Gasteiger partial charge in [0.2, 0.25) is 10.0 Å². The number of hydrogen-bond acceptors (Lipinski definition) is 5. The lowest BCUT2D eigenvalue weighted by molar-refractivity contribution is -0.147. The van der Waals surface area contributed by atoms with Gasteiger partial charge in [-0.2, -0.15) is 4.72 Å². The van der Waals surface area contributed by atoms with Crippen molar-refractivity contribution in [2.75, 3.05) is 13.2 Å². The zero-order valence-corrected chi connectivity index (χ0v) is 12.4. The fourth-order valence-corrected chi connectivity index (χ4v) is 2.57. The van der Waals surface area contributed by atoms with Crippen LogP contribution in [-0.4, -0.2) is 39.5 Å². The largest absolute Gasteiger partial charge is 0.455 e. The van der Waals surface area contributed by atoms with E-state index in [0.717, 1.165) is 25.0 Å². The van der Waals surface area contributed by atoms with Crippen LogP contribution in [0.5, 0.6) is 0 Å². The summed E-state index contributed by atoms with van der Waals surface area (Å²) in [6.45, 7) is -1.10. The molecule has 1 saturated carbocycles. The maximum atomic E-state index is 13.0. The number of amides is 1. The molecule has 0 spiro atoms. The van der Waals surface area contributed by atoms with Crippen LogP contribution in [0.3, 0.4) is 0 Å². The molecule has 7 nitrogen and oxygen atoms in total. The number of ether oxygens (including phenoxy) is 1. The third kappa shape index (κ3) is 5.08. The predicted molar refractivity (Wildman–Crippen MR) is 73.7 cm³/mol. The molecule has 0 bridgehead atoms. The Kier molecular flexibility index (Phi) is 5.09. The molecule has 22 heavy (non-hydrogen) atoms. The van der Waals surface area contributed by atoms with E-state index in [4.69, 9.17) is 0 Å². The average Bonchev–Trinajstić information content (AvgIpc) is 3.27. The molecule has 1 aromatic carbocycles. The number of sulfonamides is 1. The highest BCUT2D eigenvalue weighted by atomic mass is 32.2. The van der Waals surface area contributed by atoms with Crippen LogP contribution >= 0.6 is 0 Å². The summed E-state index contributed by atoms with van der Waals surface area (Å²) in [5, 5.41) is 2.62. The highest BCUT2D eigenvalue weighted by Crippen LogP contribution is 2.18. The first-order valence-electron chi connectivity index (χ1n) is 6.57. The summed E-state index contributed by atoms with van der Waals surface area (Å²) in [5.74, 6) is -2.03. The fourth-order valence-electron chi connectivity index (χ4n) is 1.57. The Bertz CT molecular complexity index is 673. The van der Waals surface area contributed by atoms with Crippen molar-refractivity contribution < 1.29 is 27.1 Å². The van der Waals surface area contributed by atoms with Crippen molar-refractivity contribution in [1.29, 1.82) is 0 Å². The Morgan fingerprint density at radius 3 is 2.68 bits per heavy atom. The van der Waals surface area contributed by atoms with Gasteiger partial charge in [-0.3, -0.25) is 9.59 Å². The van der Waals surface area contributed by atoms with Crippen LogP contribution in [0.1, 0.15) is 12.8 Å². The lowest BCUT2D eigenvalue weighted by atomic mass is 10.4. The van der Waals surface area contributed by atoms with Crippen LogP contribution in [0.15, 0.2) is 29.2 Å². The average molecular weight is 330 g/mol. The first-order chi connectivity index (χ1) is 10.4. The van der Waals surface area contributed by atoms with Gasteiger partial charge in [0.1, 0.15) is 12.4 Å². The summed E-state index contributed by atoms with van der Waals surface area (Å²) < 4.78 is 43.2. The number of esters is 1. The molecule has 0 aliphatic heterocycles. The Balaban J connectivity index is 1.78. The van der Waals surface area contributed by atoms with Gasteiger partial charge in [0.05, 0.1) is 4.90 Å². The Morgan fingerprint density at radius 2 is 2.05 bits per heavy atom. The highest BCUT2D eigenvalue weighted by Gasteiger charge is 2.23. The maximum absolute atomic E-state index is 13.0. The highest BCUT2D eigenvalue weighted by molar-refractivity contribution is 7.89. The zero-order chi connectivity index (χ0) is 16.2. The minimum Gasteiger partial charge on any atom is -0.455 e. The molecule has 0 saturated heterocycles. The van der Waals surface area contributed by atoms with E-state index in [0.29, 0.717) is 0 Å². The fraction of sp³-hybridized carbons (Fsp3) is 0.385. The van der Waals surface area contributed by atoms with Gasteiger partial charge in [0, 0.05) is 6.04 Å². The Morgan fingerprint density at radius 1 is 1.32 bits per heavy atom. The van der Waals surface area contributed by atoms with E-state index in [1.165, 1.54) is 12.1 Å². The molecule has 2 rings (SSSR count). The van der Waals surface area contributed by atoms with E-state index < -0.39 is 40.9 Å². The first kappa shape index (κ1) is 16.4. The third-order valence-electron chi connectivity index (χ3n) is 2.82. The van der Waals surface area contributed by atoms with Crippen LogP contribution < -0.4 is 10.0 Å². The third-order valence-corrected chi connectivity index (χ3v) is 4.22. The van der Waals surface area contributed by atoms with Crippen LogP contribution in [-0.2, 0) is 24.3 Å². The van der Waals surface area contributed by atoms with Gasteiger partial charge in [-0.05, 0) is 31.0 Å². The molecule has 0 unspecified atom stereocenters. The first-order valence-corrected chi connectivity index (χ1v) is 8.05. The van der Waals surface area contributed by atoms with Crippen molar-refractivity contribution >= 4 is 21.9 Å². The molecule has 2 N–H and O–H groups in total. The SMILES string of the molecule is O=C(COC(=O)CNS(=O)(=O)c1cccc(F)c1)NC1CC1. The zero-order valence-electron chi connectivity index (χ0n) is 11.5. The number of benzene rings is 1. The summed E-state index contributed by atoms with van der Waals surface area (Å²) in [7, 11) is -4.02. The van der Waals surface area contributed by atoms with E-state index in [2.05, 4.69) is 10.1 Å². The second-order valence-electron chi connectivity index (χ2n) is 4.78. The summed E-state index contributed by atoms with van der Waals surface area (Å²) in [5.41, 5.74) is 0. The lowest BCUT2D eigenvalue weighted by Gasteiger charge is -2.07. The number of halogens is 1. The summed E-state index contributed by atoms with van der Waals surface area (Å²) in [4.78, 5) is 22.4. The molecule has 1 aliphatic carbocycles. The molecule has 1 amide bonds. The number of carbonyl (C=O) groups excluding carboxylic acids is 2. The van der Waals surface area contributed by atoms with E-state index in [1.807, 2.05) is 4.72 Å². The van der Waals surface area contributed by atoms with Crippen molar-refractivity contribution in [2.45, 2.75) is 23.8 Å².